The van der Waals surface area contributed by atoms with Crippen LogP contribution < -0.4 is 0 Å². The van der Waals surface area contributed by atoms with Crippen molar-refractivity contribution in [3.05, 3.63) is 35.5 Å². The van der Waals surface area contributed by atoms with Crippen LogP contribution in [-0.2, 0) is 80.9 Å². The van der Waals surface area contributed by atoms with E-state index in [1.54, 1.807) is 62.3 Å². The molecule has 1 aromatic rings. The lowest BCUT2D eigenvalue weighted by Gasteiger charge is -2.79. The van der Waals surface area contributed by atoms with E-state index in [4.69, 9.17) is 51.8 Å². The van der Waals surface area contributed by atoms with Crippen molar-refractivity contribution >= 4 is 41.8 Å². The predicted molar refractivity (Wildman–Crippen MR) is 217 cm³/mol. The molecule has 360 valence electrons. The summed E-state index contributed by atoms with van der Waals surface area (Å²) in [5.41, 5.74) is -15.0. The number of aliphatic hydroxyl groups is 1. The van der Waals surface area contributed by atoms with E-state index in [1.165, 1.54) is 25.5 Å². The summed E-state index contributed by atoms with van der Waals surface area (Å²) in [6.45, 7) is 17.5. The number of hydrogen-bond acceptors (Lipinski definition) is 19. The van der Waals surface area contributed by atoms with Crippen LogP contribution in [0, 0.1) is 45.8 Å². The summed E-state index contributed by atoms with van der Waals surface area (Å²) >= 11 is 0. The first kappa shape index (κ1) is 46.1. The Hall–Kier alpha value is -5.01. The largest absolute Gasteiger partial charge is 0.512 e. The van der Waals surface area contributed by atoms with Crippen molar-refractivity contribution in [3.8, 4) is 0 Å². The second-order valence-corrected chi connectivity index (χ2v) is 20.8. The molecule has 66 heavy (non-hydrogen) atoms. The summed E-state index contributed by atoms with van der Waals surface area (Å²) in [7, 11) is 0. The van der Waals surface area contributed by atoms with Gasteiger partial charge >= 0.3 is 41.8 Å². The van der Waals surface area contributed by atoms with Crippen molar-refractivity contribution in [2.75, 3.05) is 6.61 Å². The van der Waals surface area contributed by atoms with Gasteiger partial charge in [-0.2, -0.15) is 0 Å². The van der Waals surface area contributed by atoms with Crippen molar-refractivity contribution in [2.45, 2.75) is 161 Å². The molecule has 8 aliphatic rings. The summed E-state index contributed by atoms with van der Waals surface area (Å²) in [5, 5.41) is 12.3. The monoisotopic (exact) mass is 926 g/mol. The number of allylic oxidation sites excluding steroid dienone is 1. The Balaban J connectivity index is 1.53. The smallest absolute Gasteiger partial charge is 0.338 e. The Morgan fingerprint density at radius 1 is 0.848 bits per heavy atom. The third-order valence-electron chi connectivity index (χ3n) is 16.1. The molecular weight excluding hydrogens is 868 g/mol. The summed E-state index contributed by atoms with van der Waals surface area (Å²) < 4.78 is 73.6. The molecule has 4 aliphatic carbocycles. The van der Waals surface area contributed by atoms with Crippen molar-refractivity contribution in [2.24, 2.45) is 45.8 Å². The quantitative estimate of drug-likeness (QED) is 0.138. The van der Waals surface area contributed by atoms with Gasteiger partial charge in [-0.05, 0) is 18.4 Å². The van der Waals surface area contributed by atoms with Crippen LogP contribution in [0.25, 0.3) is 0 Å². The molecule has 4 bridgehead atoms. The molecule has 0 radical (unpaired) electrons. The van der Waals surface area contributed by atoms with E-state index in [-0.39, 0.29) is 24.8 Å². The molecule has 19 heteroatoms. The molecule has 19 nitrogen and oxygen atoms in total. The topological polar surface area (TPSA) is 245 Å². The molecule has 4 aliphatic heterocycles. The Bertz CT molecular complexity index is 2350. The minimum Gasteiger partial charge on any atom is -0.512 e. The van der Waals surface area contributed by atoms with Gasteiger partial charge in [-0.3, -0.25) is 28.8 Å². The molecule has 1 N–H and O–H groups in total. The Kier molecular flexibility index (Phi) is 9.96. The first-order valence-electron chi connectivity index (χ1n) is 22.7. The number of esters is 7. The van der Waals surface area contributed by atoms with E-state index >= 15 is 4.79 Å². The molecule has 0 aromatic carbocycles. The zero-order valence-corrected chi connectivity index (χ0v) is 39.1. The summed E-state index contributed by atoms with van der Waals surface area (Å²) in [6.07, 6.45) is -6.92. The number of fused-ring (bicyclic) bond motifs is 4. The number of rotatable bonds is 11. The summed E-state index contributed by atoms with van der Waals surface area (Å²) in [6, 6.07) is 1.51. The molecule has 4 saturated carbocycles. The highest BCUT2D eigenvalue weighted by molar-refractivity contribution is 5.93. The van der Waals surface area contributed by atoms with E-state index in [9.17, 15) is 33.9 Å². The highest BCUT2D eigenvalue weighted by Crippen LogP contribution is 2.91. The van der Waals surface area contributed by atoms with E-state index in [0.717, 1.165) is 13.8 Å². The zero-order chi connectivity index (χ0) is 48.3. The molecule has 9 rings (SSSR count). The van der Waals surface area contributed by atoms with Crippen LogP contribution in [-0.4, -0.2) is 106 Å². The van der Waals surface area contributed by atoms with Crippen LogP contribution in [0.2, 0.25) is 0 Å². The number of carbonyl (C=O) groups excluding carboxylic acids is 7. The third-order valence-corrected chi connectivity index (χ3v) is 16.1. The van der Waals surface area contributed by atoms with Crippen molar-refractivity contribution < 1.29 is 90.5 Å². The van der Waals surface area contributed by atoms with E-state index in [0.29, 0.717) is 0 Å². The predicted octanol–water partition coefficient (Wildman–Crippen LogP) is 4.63. The van der Waals surface area contributed by atoms with Gasteiger partial charge in [0, 0.05) is 50.5 Å². The lowest BCUT2D eigenvalue weighted by atomic mass is 9.31. The second-order valence-electron chi connectivity index (χ2n) is 20.8. The fourth-order valence-electron chi connectivity index (χ4n) is 14.3. The molecule has 2 unspecified atom stereocenters. The molecule has 0 amide bonds. The number of ether oxygens (including phenoxy) is 10. The SMILES string of the molecule is CC/C(O)=C1/C(=O)O[C@@H]2[C@@]3(OC(C)=O)[C@@H](OC(C)=O)[C@@]4(C)C[C@]35OC3(C)O[C@@]6([C@H](OC(=O)C(C)C)[C@H](OC(=O)C(C)C)[C@@](C)([C@@H](OC(=O)C(C)C)c7ccoc7)C1[C@@]26O3)[C@@]51COC(=O)C[C@@H]41. The van der Waals surface area contributed by atoms with Gasteiger partial charge in [0.05, 0.1) is 46.7 Å². The van der Waals surface area contributed by atoms with Crippen molar-refractivity contribution in [1.82, 2.24) is 0 Å². The van der Waals surface area contributed by atoms with Gasteiger partial charge in [0.25, 0.3) is 5.97 Å². The highest BCUT2D eigenvalue weighted by Gasteiger charge is 3.09. The minimum absolute atomic E-state index is 0.156. The van der Waals surface area contributed by atoms with Crippen LogP contribution >= 0.6 is 0 Å². The maximum Gasteiger partial charge on any atom is 0.338 e. The standard InChI is InChI=1S/C47H58O19/c1-13-26(50)29-30-41(11,31(25-14-15-56-17-25)59-34(52)20(2)3)32(60-35(53)21(4)5)33(61-36(54)22(6)7)47-43-19-57-28(51)16-27(43)40(10)18-44(43)46(63-24(9)49,38(40)58-23(8)48)39(62-37(29)55)45(30,47)65-42(12,64-44)66-47/h14-15,17,20-22,27,30-33,38-39,50H,13,16,18-19H2,1-12H3/b29-26-/t27-,30?,31-,32-,33+,38-,39-,40-,41+,42?,43+,44+,45+,46-,47-/m0/s1. The average molecular weight is 927 g/mol. The van der Waals surface area contributed by atoms with Gasteiger partial charge in [-0.25, -0.2) is 4.79 Å². The lowest BCUT2D eigenvalue weighted by molar-refractivity contribution is -0.498. The number of hydrogen-bond donors (Lipinski definition) is 1. The Labute approximate surface area is 380 Å². The van der Waals surface area contributed by atoms with Gasteiger partial charge in [-0.15, -0.1) is 0 Å². The van der Waals surface area contributed by atoms with Crippen LogP contribution in [0.1, 0.15) is 114 Å². The number of carbonyl (C=O) groups is 7. The van der Waals surface area contributed by atoms with Crippen molar-refractivity contribution in [1.29, 1.82) is 0 Å². The van der Waals surface area contributed by atoms with Crippen LogP contribution in [0.5, 0.6) is 0 Å². The molecule has 4 spiro atoms. The fraction of sp³-hybridized carbons (Fsp3) is 0.723. The average Bonchev–Trinajstić information content (AvgIpc) is 3.93. The first-order chi connectivity index (χ1) is 30.8. The molecular formula is C47H58O19. The zero-order valence-electron chi connectivity index (χ0n) is 39.1. The molecule has 8 fully saturated rings. The summed E-state index contributed by atoms with van der Waals surface area (Å²) in [4.78, 5) is 100. The minimum atomic E-state index is -2.47. The normalized spacial score (nSPS) is 44.2. The fourth-order valence-corrected chi connectivity index (χ4v) is 14.3. The highest BCUT2D eigenvalue weighted by atomic mass is 16.9. The van der Waals surface area contributed by atoms with Gasteiger partial charge < -0.3 is 56.9 Å². The van der Waals surface area contributed by atoms with Crippen LogP contribution in [0.15, 0.2) is 34.3 Å². The van der Waals surface area contributed by atoms with Crippen LogP contribution in [0.4, 0.5) is 0 Å². The Morgan fingerprint density at radius 3 is 2.05 bits per heavy atom. The molecule has 4 saturated heterocycles. The van der Waals surface area contributed by atoms with E-state index in [2.05, 4.69) is 0 Å². The number of furan rings is 1. The van der Waals surface area contributed by atoms with Gasteiger partial charge in [-0.1, -0.05) is 62.3 Å². The maximum absolute atomic E-state index is 15.5. The number of aliphatic hydroxyl groups excluding tert-OH is 1. The van der Waals surface area contributed by atoms with Gasteiger partial charge in [0.2, 0.25) is 5.60 Å². The van der Waals surface area contributed by atoms with Gasteiger partial charge in [0.15, 0.2) is 35.6 Å². The van der Waals surface area contributed by atoms with Crippen molar-refractivity contribution in [3.63, 3.8) is 0 Å². The van der Waals surface area contributed by atoms with Crippen LogP contribution in [0.3, 0.4) is 0 Å². The van der Waals surface area contributed by atoms with E-state index < -0.39 is 164 Å². The first-order valence-corrected chi connectivity index (χ1v) is 22.7. The second kappa shape index (κ2) is 14.3. The number of cyclic esters (lactones) is 1. The Morgan fingerprint density at radius 2 is 1.48 bits per heavy atom. The summed E-state index contributed by atoms with van der Waals surface area (Å²) in [5.74, 6) is -14.0. The van der Waals surface area contributed by atoms with E-state index in [1.807, 2.05) is 0 Å². The molecule has 5 heterocycles. The molecule has 15 atom stereocenters. The molecule has 1 aromatic heterocycles. The van der Waals surface area contributed by atoms with Gasteiger partial charge in [0.1, 0.15) is 24.1 Å². The lowest BCUT2D eigenvalue weighted by Crippen LogP contribution is -2.99. The maximum atomic E-state index is 15.5. The third kappa shape index (κ3) is 5.11.